The zero-order valence-corrected chi connectivity index (χ0v) is 15.2. The average Bonchev–Trinajstić information content (AvgIpc) is 2.92. The van der Waals surface area contributed by atoms with E-state index in [4.69, 9.17) is 5.73 Å². The summed E-state index contributed by atoms with van der Waals surface area (Å²) in [6, 6.07) is 7.59. The first-order chi connectivity index (χ1) is 9.86. The summed E-state index contributed by atoms with van der Waals surface area (Å²) in [6.45, 7) is 5.91. The Bertz CT molecular complexity index is 478. The van der Waals surface area contributed by atoms with Crippen LogP contribution >= 0.6 is 24.2 Å². The van der Waals surface area contributed by atoms with Crippen LogP contribution in [-0.4, -0.2) is 17.2 Å². The van der Waals surface area contributed by atoms with E-state index in [1.165, 1.54) is 30.6 Å². The monoisotopic (exact) mass is 342 g/mol. The van der Waals surface area contributed by atoms with E-state index >= 15 is 0 Å². The molecule has 1 aliphatic carbocycles. The molecule has 0 aromatic heterocycles. The van der Waals surface area contributed by atoms with Crippen molar-refractivity contribution in [2.24, 2.45) is 11.1 Å². The number of thioether (sulfide) groups is 1. The highest BCUT2D eigenvalue weighted by Gasteiger charge is 2.27. The fourth-order valence-electron chi connectivity index (χ4n) is 2.43. The molecule has 3 N–H and O–H groups in total. The number of carbonyl (C=O) groups is 1. The quantitative estimate of drug-likeness (QED) is 0.849. The van der Waals surface area contributed by atoms with Crippen molar-refractivity contribution in [2.45, 2.75) is 62.6 Å². The standard InChI is InChI=1S/C17H26N2OS.ClH/c1-17(2,3)15(18)16(20)19-12-8-10-14(11-9-12)21-13-6-4-5-7-13;/h8-11,13,15H,4-7,18H2,1-3H3,(H,19,20);1H/t15-;/m1./s1. The molecule has 0 unspecified atom stereocenters. The molecule has 0 saturated heterocycles. The van der Waals surface area contributed by atoms with Crippen molar-refractivity contribution in [3.63, 3.8) is 0 Å². The van der Waals surface area contributed by atoms with Crippen LogP contribution in [0.15, 0.2) is 29.2 Å². The summed E-state index contributed by atoms with van der Waals surface area (Å²) in [4.78, 5) is 13.4. The van der Waals surface area contributed by atoms with Crippen LogP contribution in [0.2, 0.25) is 0 Å². The van der Waals surface area contributed by atoms with Gasteiger partial charge in [-0.3, -0.25) is 4.79 Å². The van der Waals surface area contributed by atoms with Crippen LogP contribution < -0.4 is 11.1 Å². The van der Waals surface area contributed by atoms with E-state index in [2.05, 4.69) is 17.4 Å². The summed E-state index contributed by atoms with van der Waals surface area (Å²) in [5.74, 6) is -0.126. The van der Waals surface area contributed by atoms with Gasteiger partial charge < -0.3 is 11.1 Å². The Morgan fingerprint density at radius 3 is 2.27 bits per heavy atom. The molecule has 0 radical (unpaired) electrons. The number of hydrogen-bond donors (Lipinski definition) is 2. The predicted octanol–water partition coefficient (Wildman–Crippen LogP) is 4.46. The lowest BCUT2D eigenvalue weighted by Gasteiger charge is -2.25. The van der Waals surface area contributed by atoms with Crippen LogP contribution in [0.1, 0.15) is 46.5 Å². The van der Waals surface area contributed by atoms with Gasteiger partial charge in [-0.25, -0.2) is 0 Å². The smallest absolute Gasteiger partial charge is 0.241 e. The van der Waals surface area contributed by atoms with Gasteiger partial charge in [0, 0.05) is 15.8 Å². The minimum atomic E-state index is -0.509. The number of halogens is 1. The molecular weight excluding hydrogens is 316 g/mol. The summed E-state index contributed by atoms with van der Waals surface area (Å²) < 4.78 is 0. The highest BCUT2D eigenvalue weighted by molar-refractivity contribution is 8.00. The molecule has 0 aliphatic heterocycles. The fourth-order valence-corrected chi connectivity index (χ4v) is 3.68. The molecule has 124 valence electrons. The van der Waals surface area contributed by atoms with Gasteiger partial charge in [-0.1, -0.05) is 33.6 Å². The second-order valence-corrected chi connectivity index (χ2v) is 8.26. The summed E-state index contributed by atoms with van der Waals surface area (Å²) in [7, 11) is 0. The first-order valence-electron chi connectivity index (χ1n) is 7.69. The Labute approximate surface area is 144 Å². The van der Waals surface area contributed by atoms with E-state index in [0.29, 0.717) is 0 Å². The zero-order chi connectivity index (χ0) is 15.5. The van der Waals surface area contributed by atoms with Crippen LogP contribution in [0, 0.1) is 5.41 Å². The van der Waals surface area contributed by atoms with E-state index in [0.717, 1.165) is 10.9 Å². The number of amides is 1. The molecule has 2 rings (SSSR count). The maximum Gasteiger partial charge on any atom is 0.241 e. The van der Waals surface area contributed by atoms with Crippen LogP contribution in [0.25, 0.3) is 0 Å². The Morgan fingerprint density at radius 1 is 1.23 bits per heavy atom. The first-order valence-corrected chi connectivity index (χ1v) is 8.57. The van der Waals surface area contributed by atoms with Crippen molar-refractivity contribution in [1.82, 2.24) is 0 Å². The lowest BCUT2D eigenvalue weighted by molar-refractivity contribution is -0.119. The van der Waals surface area contributed by atoms with Gasteiger partial charge in [-0.15, -0.1) is 24.2 Å². The second-order valence-electron chi connectivity index (χ2n) is 6.88. The van der Waals surface area contributed by atoms with Crippen LogP contribution in [0.3, 0.4) is 0 Å². The van der Waals surface area contributed by atoms with Crippen LogP contribution in [0.4, 0.5) is 5.69 Å². The van der Waals surface area contributed by atoms with Crippen molar-refractivity contribution in [1.29, 1.82) is 0 Å². The minimum Gasteiger partial charge on any atom is -0.325 e. The molecule has 1 atom stereocenters. The molecule has 1 amide bonds. The van der Waals surface area contributed by atoms with E-state index in [1.807, 2.05) is 44.7 Å². The molecule has 1 saturated carbocycles. The van der Waals surface area contributed by atoms with Crippen LogP contribution in [-0.2, 0) is 4.79 Å². The lowest BCUT2D eigenvalue weighted by Crippen LogP contribution is -2.45. The summed E-state index contributed by atoms with van der Waals surface area (Å²) in [5, 5.41) is 3.66. The predicted molar refractivity (Wildman–Crippen MR) is 97.9 cm³/mol. The average molecular weight is 343 g/mol. The van der Waals surface area contributed by atoms with Crippen molar-refractivity contribution in [2.75, 3.05) is 5.32 Å². The molecule has 1 aromatic rings. The van der Waals surface area contributed by atoms with Gasteiger partial charge in [0.1, 0.15) is 0 Å². The van der Waals surface area contributed by atoms with E-state index in [-0.39, 0.29) is 23.7 Å². The third-order valence-electron chi connectivity index (χ3n) is 3.94. The van der Waals surface area contributed by atoms with Crippen molar-refractivity contribution >= 4 is 35.8 Å². The van der Waals surface area contributed by atoms with Crippen molar-refractivity contribution in [3.8, 4) is 0 Å². The molecule has 0 bridgehead atoms. The number of nitrogens with one attached hydrogen (secondary N) is 1. The molecule has 0 heterocycles. The van der Waals surface area contributed by atoms with Crippen molar-refractivity contribution < 1.29 is 4.79 Å². The number of benzene rings is 1. The SMILES string of the molecule is CC(C)(C)[C@H](N)C(=O)Nc1ccc(SC2CCCC2)cc1.Cl. The highest BCUT2D eigenvalue weighted by atomic mass is 35.5. The third kappa shape index (κ3) is 5.49. The Morgan fingerprint density at radius 2 is 1.77 bits per heavy atom. The number of hydrogen-bond acceptors (Lipinski definition) is 3. The minimum absolute atomic E-state index is 0. The largest absolute Gasteiger partial charge is 0.325 e. The lowest BCUT2D eigenvalue weighted by atomic mass is 9.87. The maximum atomic E-state index is 12.1. The number of carbonyl (C=O) groups excluding carboxylic acids is 1. The van der Waals surface area contributed by atoms with Crippen LogP contribution in [0.5, 0.6) is 0 Å². The topological polar surface area (TPSA) is 55.1 Å². The molecular formula is C17H27ClN2OS. The Hall–Kier alpha value is -0.710. The van der Waals surface area contributed by atoms with Gasteiger partial charge in [-0.05, 0) is 42.5 Å². The Kier molecular flexibility index (Phi) is 7.23. The molecule has 1 aromatic carbocycles. The van der Waals surface area contributed by atoms with Crippen molar-refractivity contribution in [3.05, 3.63) is 24.3 Å². The normalized spacial score (nSPS) is 16.9. The molecule has 22 heavy (non-hydrogen) atoms. The molecule has 1 fully saturated rings. The summed E-state index contributed by atoms with van der Waals surface area (Å²) >= 11 is 1.95. The molecule has 5 heteroatoms. The number of rotatable bonds is 4. The summed E-state index contributed by atoms with van der Waals surface area (Å²) in [5.41, 5.74) is 6.55. The highest BCUT2D eigenvalue weighted by Crippen LogP contribution is 2.35. The first kappa shape index (κ1) is 19.3. The zero-order valence-electron chi connectivity index (χ0n) is 13.6. The fraction of sp³-hybridized carbons (Fsp3) is 0.588. The number of anilines is 1. The molecule has 0 spiro atoms. The molecule has 3 nitrogen and oxygen atoms in total. The van der Waals surface area contributed by atoms with Gasteiger partial charge in [0.05, 0.1) is 6.04 Å². The summed E-state index contributed by atoms with van der Waals surface area (Å²) in [6.07, 6.45) is 5.36. The van der Waals surface area contributed by atoms with Gasteiger partial charge in [0.25, 0.3) is 0 Å². The van der Waals surface area contributed by atoms with Gasteiger partial charge in [-0.2, -0.15) is 0 Å². The van der Waals surface area contributed by atoms with E-state index in [1.54, 1.807) is 0 Å². The maximum absolute atomic E-state index is 12.1. The van der Waals surface area contributed by atoms with E-state index in [9.17, 15) is 4.79 Å². The second kappa shape index (κ2) is 8.23. The van der Waals surface area contributed by atoms with Gasteiger partial charge in [0.2, 0.25) is 5.91 Å². The number of nitrogens with two attached hydrogens (primary N) is 1. The van der Waals surface area contributed by atoms with E-state index < -0.39 is 6.04 Å². The third-order valence-corrected chi connectivity index (χ3v) is 5.29. The Balaban J connectivity index is 0.00000242. The van der Waals surface area contributed by atoms with Gasteiger partial charge in [0.15, 0.2) is 0 Å². The molecule has 1 aliphatic rings. The van der Waals surface area contributed by atoms with Gasteiger partial charge >= 0.3 is 0 Å².